The monoisotopic (exact) mass is 397 g/mol. The second-order valence-electron chi connectivity index (χ2n) is 7.27. The average molecular weight is 397 g/mol. The summed E-state index contributed by atoms with van der Waals surface area (Å²) in [5.74, 6) is 0.642. The maximum absolute atomic E-state index is 13.7. The van der Waals surface area contributed by atoms with Crippen LogP contribution >= 0.6 is 0 Å². The fourth-order valence-corrected chi connectivity index (χ4v) is 3.44. The van der Waals surface area contributed by atoms with Crippen molar-refractivity contribution in [3.63, 3.8) is 0 Å². The Morgan fingerprint density at radius 3 is 2.59 bits per heavy atom. The first kappa shape index (κ1) is 21.0. The van der Waals surface area contributed by atoms with E-state index < -0.39 is 6.10 Å². The molecule has 2 aromatic carbocycles. The van der Waals surface area contributed by atoms with Crippen molar-refractivity contribution < 1.29 is 14.2 Å². The van der Waals surface area contributed by atoms with E-state index in [4.69, 9.17) is 9.84 Å². The molecule has 0 radical (unpaired) electrons. The Labute approximate surface area is 171 Å². The van der Waals surface area contributed by atoms with E-state index in [1.807, 2.05) is 37.4 Å². The van der Waals surface area contributed by atoms with E-state index in [2.05, 4.69) is 11.8 Å². The van der Waals surface area contributed by atoms with Crippen molar-refractivity contribution in [2.24, 2.45) is 7.05 Å². The molecule has 0 amide bonds. The van der Waals surface area contributed by atoms with Crippen LogP contribution in [0, 0.1) is 5.82 Å². The van der Waals surface area contributed by atoms with Crippen molar-refractivity contribution in [1.82, 2.24) is 14.7 Å². The lowest BCUT2D eigenvalue weighted by molar-refractivity contribution is 0.122. The Morgan fingerprint density at radius 2 is 1.93 bits per heavy atom. The van der Waals surface area contributed by atoms with Gasteiger partial charge in [-0.15, -0.1) is 0 Å². The third kappa shape index (κ3) is 5.43. The molecule has 0 unspecified atom stereocenters. The number of aliphatic hydroxyl groups excluding tert-OH is 1. The van der Waals surface area contributed by atoms with E-state index in [-0.39, 0.29) is 5.82 Å². The maximum atomic E-state index is 13.7. The predicted molar refractivity (Wildman–Crippen MR) is 112 cm³/mol. The molecule has 0 aliphatic rings. The summed E-state index contributed by atoms with van der Waals surface area (Å²) in [6.45, 7) is 5.86. The summed E-state index contributed by atoms with van der Waals surface area (Å²) in [5.41, 5.74) is 2.73. The molecule has 0 saturated heterocycles. The van der Waals surface area contributed by atoms with E-state index in [1.54, 1.807) is 23.7 Å². The van der Waals surface area contributed by atoms with Gasteiger partial charge in [0.15, 0.2) is 0 Å². The molecular weight excluding hydrogens is 369 g/mol. The van der Waals surface area contributed by atoms with Crippen LogP contribution in [0.25, 0.3) is 11.3 Å². The van der Waals surface area contributed by atoms with Crippen molar-refractivity contribution >= 4 is 0 Å². The molecule has 29 heavy (non-hydrogen) atoms. The number of ether oxygens (including phenoxy) is 1. The molecule has 0 saturated carbocycles. The van der Waals surface area contributed by atoms with Gasteiger partial charge in [-0.3, -0.25) is 4.90 Å². The summed E-state index contributed by atoms with van der Waals surface area (Å²) in [5, 5.41) is 14.6. The minimum Gasteiger partial charge on any atom is -0.439 e. The number of nitrogens with zero attached hydrogens (tertiary/aromatic N) is 3. The van der Waals surface area contributed by atoms with E-state index >= 15 is 0 Å². The molecule has 0 fully saturated rings. The first-order chi connectivity index (χ1) is 14.0. The van der Waals surface area contributed by atoms with Gasteiger partial charge in [0, 0.05) is 31.8 Å². The van der Waals surface area contributed by atoms with Crippen LogP contribution in [0.3, 0.4) is 0 Å². The van der Waals surface area contributed by atoms with Crippen molar-refractivity contribution in [3.05, 3.63) is 66.0 Å². The van der Waals surface area contributed by atoms with E-state index in [9.17, 15) is 9.50 Å². The molecule has 1 aromatic heterocycles. The number of halogens is 1. The highest BCUT2D eigenvalue weighted by molar-refractivity contribution is 5.65. The van der Waals surface area contributed by atoms with Gasteiger partial charge in [-0.25, -0.2) is 9.07 Å². The van der Waals surface area contributed by atoms with Crippen molar-refractivity contribution in [2.75, 3.05) is 13.1 Å². The molecule has 0 spiro atoms. The smallest absolute Gasteiger partial charge is 0.222 e. The molecule has 3 rings (SSSR count). The molecule has 0 aliphatic heterocycles. The third-order valence-electron chi connectivity index (χ3n) is 4.59. The number of hydrogen-bond acceptors (Lipinski definition) is 4. The summed E-state index contributed by atoms with van der Waals surface area (Å²) >= 11 is 0. The highest BCUT2D eigenvalue weighted by Gasteiger charge is 2.22. The zero-order chi connectivity index (χ0) is 20.8. The zero-order valence-corrected chi connectivity index (χ0v) is 17.2. The van der Waals surface area contributed by atoms with Crippen LogP contribution < -0.4 is 4.74 Å². The molecular formula is C23H28FN3O2. The highest BCUT2D eigenvalue weighted by atomic mass is 19.1. The van der Waals surface area contributed by atoms with Gasteiger partial charge in [-0.05, 0) is 32.0 Å². The van der Waals surface area contributed by atoms with Gasteiger partial charge in [0.2, 0.25) is 5.88 Å². The quantitative estimate of drug-likeness (QED) is 0.573. The van der Waals surface area contributed by atoms with Gasteiger partial charge < -0.3 is 9.84 Å². The number of aryl methyl sites for hydroxylation is 1. The van der Waals surface area contributed by atoms with Gasteiger partial charge in [-0.1, -0.05) is 43.3 Å². The lowest BCUT2D eigenvalue weighted by atomic mass is 10.1. The number of benzene rings is 2. The lowest BCUT2D eigenvalue weighted by Crippen LogP contribution is -2.31. The average Bonchev–Trinajstić information content (AvgIpc) is 2.98. The van der Waals surface area contributed by atoms with E-state index in [0.717, 1.165) is 29.8 Å². The molecule has 1 atom stereocenters. The van der Waals surface area contributed by atoms with Gasteiger partial charge in [0.1, 0.15) is 17.3 Å². The number of aliphatic hydroxyl groups is 1. The van der Waals surface area contributed by atoms with E-state index in [1.165, 1.54) is 12.1 Å². The summed E-state index contributed by atoms with van der Waals surface area (Å²) < 4.78 is 21.4. The lowest BCUT2D eigenvalue weighted by Gasteiger charge is -2.23. The predicted octanol–water partition coefficient (Wildman–Crippen LogP) is 4.61. The van der Waals surface area contributed by atoms with Crippen molar-refractivity contribution in [3.8, 4) is 22.9 Å². The second-order valence-corrected chi connectivity index (χ2v) is 7.27. The van der Waals surface area contributed by atoms with Crippen molar-refractivity contribution in [2.45, 2.75) is 32.9 Å². The molecule has 0 aliphatic carbocycles. The number of aromatic nitrogens is 2. The molecule has 1 heterocycles. The fourth-order valence-electron chi connectivity index (χ4n) is 3.44. The fraction of sp³-hybridized carbons (Fsp3) is 0.348. The Bertz CT molecular complexity index is 925. The van der Waals surface area contributed by atoms with Crippen LogP contribution in [-0.4, -0.2) is 39.0 Å². The summed E-state index contributed by atoms with van der Waals surface area (Å²) in [4.78, 5) is 2.19. The van der Waals surface area contributed by atoms with Crippen LogP contribution in [0.4, 0.5) is 4.39 Å². The number of hydrogen-bond donors (Lipinski definition) is 1. The van der Waals surface area contributed by atoms with Crippen LogP contribution in [0.5, 0.6) is 11.6 Å². The van der Waals surface area contributed by atoms with Crippen LogP contribution in [0.1, 0.15) is 25.8 Å². The normalized spacial score (nSPS) is 12.3. The first-order valence-electron chi connectivity index (χ1n) is 9.93. The van der Waals surface area contributed by atoms with E-state index in [0.29, 0.717) is 24.7 Å². The number of rotatable bonds is 9. The van der Waals surface area contributed by atoms with Gasteiger partial charge in [0.25, 0.3) is 0 Å². The second kappa shape index (κ2) is 9.67. The largest absolute Gasteiger partial charge is 0.439 e. The Balaban J connectivity index is 2.03. The third-order valence-corrected chi connectivity index (χ3v) is 4.59. The van der Waals surface area contributed by atoms with Crippen molar-refractivity contribution in [1.29, 1.82) is 0 Å². The Hall–Kier alpha value is -2.70. The SMILES string of the molecule is CCCN(Cc1c(-c2ccccc2)nn(C)c1Oc1cccc(F)c1)C[C@H](C)O. The molecule has 1 N–H and O–H groups in total. The topological polar surface area (TPSA) is 50.5 Å². The summed E-state index contributed by atoms with van der Waals surface area (Å²) in [7, 11) is 1.82. The Morgan fingerprint density at radius 1 is 1.17 bits per heavy atom. The standard InChI is InChI=1S/C23H28FN3O2/c1-4-13-27(15-17(2)28)16-21-22(18-9-6-5-7-10-18)25-26(3)23(21)29-20-12-8-11-19(24)14-20/h5-12,14,17,28H,4,13,15-16H2,1-3H3/t17-/m0/s1. The van der Waals surface area contributed by atoms with Crippen LogP contribution in [0.15, 0.2) is 54.6 Å². The zero-order valence-electron chi connectivity index (χ0n) is 17.2. The maximum Gasteiger partial charge on any atom is 0.222 e. The molecule has 6 heteroatoms. The summed E-state index contributed by atoms with van der Waals surface area (Å²) in [6.07, 6.45) is 0.527. The Kier molecular flexibility index (Phi) is 7.01. The summed E-state index contributed by atoms with van der Waals surface area (Å²) in [6, 6.07) is 16.0. The van der Waals surface area contributed by atoms with Gasteiger partial charge >= 0.3 is 0 Å². The van der Waals surface area contributed by atoms with Crippen LogP contribution in [-0.2, 0) is 13.6 Å². The van der Waals surface area contributed by atoms with Gasteiger partial charge in [-0.2, -0.15) is 5.10 Å². The first-order valence-corrected chi connectivity index (χ1v) is 9.93. The highest BCUT2D eigenvalue weighted by Crippen LogP contribution is 2.34. The molecule has 0 bridgehead atoms. The van der Waals surface area contributed by atoms with Gasteiger partial charge in [0.05, 0.1) is 11.7 Å². The minimum absolute atomic E-state index is 0.351. The molecule has 3 aromatic rings. The van der Waals surface area contributed by atoms with Crippen LogP contribution in [0.2, 0.25) is 0 Å². The molecule has 5 nitrogen and oxygen atoms in total. The minimum atomic E-state index is -0.439. The molecule has 154 valence electrons.